The van der Waals surface area contributed by atoms with E-state index in [1.807, 2.05) is 0 Å². The zero-order valence-corrected chi connectivity index (χ0v) is 8.99. The van der Waals surface area contributed by atoms with Crippen LogP contribution in [0.1, 0.15) is 0 Å². The van der Waals surface area contributed by atoms with Crippen molar-refractivity contribution in [3.8, 4) is 0 Å². The minimum Gasteiger partial charge on any atom is -0.308 e. The van der Waals surface area contributed by atoms with Crippen LogP contribution in [-0.2, 0) is 0 Å². The number of rotatable bonds is 3. The van der Waals surface area contributed by atoms with Crippen molar-refractivity contribution in [3.63, 3.8) is 0 Å². The highest BCUT2D eigenvalue weighted by atomic mass is 32.2. The molecule has 0 spiro atoms. The second-order valence-corrected chi connectivity index (χ2v) is 3.92. The molecule has 0 bridgehead atoms. The minimum atomic E-state index is -0.177. The lowest BCUT2D eigenvalue weighted by atomic mass is 10.5. The van der Waals surface area contributed by atoms with E-state index in [1.54, 1.807) is 18.3 Å². The van der Waals surface area contributed by atoms with Gasteiger partial charge in [-0.2, -0.15) is 0 Å². The lowest BCUT2D eigenvalue weighted by Gasteiger charge is -2.02. The number of nitrogens with two attached hydrogens (primary N) is 1. The van der Waals surface area contributed by atoms with Crippen LogP contribution in [0, 0.1) is 0 Å². The van der Waals surface area contributed by atoms with Crippen molar-refractivity contribution < 1.29 is 0 Å². The number of hydrogen-bond donors (Lipinski definition) is 3. The molecule has 0 saturated heterocycles. The first-order chi connectivity index (χ1) is 7.78. The molecule has 6 nitrogen and oxygen atoms in total. The number of H-pyrrole nitrogens is 1. The fourth-order valence-electron chi connectivity index (χ4n) is 1.07. The summed E-state index contributed by atoms with van der Waals surface area (Å²) in [5, 5.41) is 0.529. The zero-order valence-electron chi connectivity index (χ0n) is 8.18. The summed E-state index contributed by atoms with van der Waals surface area (Å²) in [6, 6.07) is 4.93. The van der Waals surface area contributed by atoms with Crippen molar-refractivity contribution in [2.75, 3.05) is 5.43 Å². The first-order valence-corrected chi connectivity index (χ1v) is 5.25. The molecule has 0 radical (unpaired) electrons. The molecular formula is C9H9N5OS. The molecule has 4 N–H and O–H groups in total. The topological polar surface area (TPSA) is 96.7 Å². The minimum absolute atomic E-state index is 0.177. The van der Waals surface area contributed by atoms with Gasteiger partial charge < -0.3 is 10.4 Å². The maximum absolute atomic E-state index is 11.1. The van der Waals surface area contributed by atoms with Crippen molar-refractivity contribution in [1.82, 2.24) is 15.0 Å². The van der Waals surface area contributed by atoms with Gasteiger partial charge >= 0.3 is 0 Å². The van der Waals surface area contributed by atoms with E-state index in [-0.39, 0.29) is 5.56 Å². The number of anilines is 1. The molecule has 2 heterocycles. The Morgan fingerprint density at radius 1 is 1.31 bits per heavy atom. The molecule has 0 fully saturated rings. The van der Waals surface area contributed by atoms with Gasteiger partial charge in [0.2, 0.25) is 0 Å². The second kappa shape index (κ2) is 4.77. The van der Waals surface area contributed by atoms with Crippen LogP contribution < -0.4 is 16.8 Å². The fourth-order valence-corrected chi connectivity index (χ4v) is 1.86. The van der Waals surface area contributed by atoms with Gasteiger partial charge in [-0.15, -0.1) is 0 Å². The summed E-state index contributed by atoms with van der Waals surface area (Å²) in [5.41, 5.74) is 2.27. The van der Waals surface area contributed by atoms with Gasteiger partial charge in [0, 0.05) is 23.4 Å². The van der Waals surface area contributed by atoms with Gasteiger partial charge in [0.1, 0.15) is 5.82 Å². The first-order valence-electron chi connectivity index (χ1n) is 4.44. The SMILES string of the molecule is NNc1cc(Sc2nccc(=O)[nH]2)ccn1. The average molecular weight is 235 g/mol. The van der Waals surface area contributed by atoms with Crippen LogP contribution >= 0.6 is 11.8 Å². The van der Waals surface area contributed by atoms with E-state index in [1.165, 1.54) is 24.0 Å². The third-order valence-corrected chi connectivity index (χ3v) is 2.63. The van der Waals surface area contributed by atoms with Gasteiger partial charge in [-0.05, 0) is 12.1 Å². The Balaban J connectivity index is 2.23. The van der Waals surface area contributed by atoms with Crippen LogP contribution in [0.15, 0.2) is 45.4 Å². The van der Waals surface area contributed by atoms with E-state index in [9.17, 15) is 4.79 Å². The summed E-state index contributed by atoms with van der Waals surface area (Å²) >= 11 is 1.33. The maximum atomic E-state index is 11.1. The highest BCUT2D eigenvalue weighted by molar-refractivity contribution is 7.99. The highest BCUT2D eigenvalue weighted by Gasteiger charge is 2.00. The fraction of sp³-hybridized carbons (Fsp3) is 0. The molecule has 0 aliphatic carbocycles. The maximum Gasteiger partial charge on any atom is 0.251 e. The molecule has 2 aromatic rings. The molecule has 0 aliphatic rings. The summed E-state index contributed by atoms with van der Waals surface area (Å²) in [6.45, 7) is 0. The Kier molecular flexibility index (Phi) is 3.18. The van der Waals surface area contributed by atoms with E-state index >= 15 is 0 Å². The molecule has 0 saturated carbocycles. The van der Waals surface area contributed by atoms with Crippen molar-refractivity contribution in [2.45, 2.75) is 10.1 Å². The summed E-state index contributed by atoms with van der Waals surface area (Å²) in [4.78, 5) is 22.6. The Hall–Kier alpha value is -1.86. The molecule has 0 aliphatic heterocycles. The van der Waals surface area contributed by atoms with E-state index < -0.39 is 0 Å². The Morgan fingerprint density at radius 2 is 2.12 bits per heavy atom. The predicted molar refractivity (Wildman–Crippen MR) is 61.0 cm³/mol. The van der Waals surface area contributed by atoms with Crippen LogP contribution in [0.3, 0.4) is 0 Å². The van der Waals surface area contributed by atoms with Crippen molar-refractivity contribution in [1.29, 1.82) is 0 Å². The Morgan fingerprint density at radius 3 is 2.88 bits per heavy atom. The number of aromatic amines is 1. The molecule has 0 unspecified atom stereocenters. The lowest BCUT2D eigenvalue weighted by molar-refractivity contribution is 0.936. The van der Waals surface area contributed by atoms with Gasteiger partial charge in [-0.1, -0.05) is 11.8 Å². The number of aromatic nitrogens is 3. The standard InChI is InChI=1S/C9H9N5OS/c10-14-7-5-6(1-3-11-7)16-9-12-4-2-8(15)13-9/h1-5H,10H2,(H,11,14)(H,12,13,15). The summed E-state index contributed by atoms with van der Waals surface area (Å²) in [5.74, 6) is 5.80. The predicted octanol–water partition coefficient (Wildman–Crippen LogP) is 0.602. The molecule has 2 aromatic heterocycles. The van der Waals surface area contributed by atoms with Crippen LogP contribution in [0.4, 0.5) is 5.82 Å². The molecule has 0 atom stereocenters. The molecule has 2 rings (SSSR count). The van der Waals surface area contributed by atoms with Gasteiger partial charge in [0.15, 0.2) is 5.16 Å². The van der Waals surface area contributed by atoms with Crippen LogP contribution in [0.25, 0.3) is 0 Å². The van der Waals surface area contributed by atoms with Gasteiger partial charge in [0.25, 0.3) is 5.56 Å². The van der Waals surface area contributed by atoms with E-state index in [0.29, 0.717) is 11.0 Å². The van der Waals surface area contributed by atoms with E-state index in [0.717, 1.165) is 4.90 Å². The normalized spacial score (nSPS) is 10.1. The van der Waals surface area contributed by atoms with Crippen LogP contribution in [0.5, 0.6) is 0 Å². The van der Waals surface area contributed by atoms with Crippen molar-refractivity contribution in [2.24, 2.45) is 5.84 Å². The van der Waals surface area contributed by atoms with Crippen molar-refractivity contribution >= 4 is 17.6 Å². The summed E-state index contributed by atoms with van der Waals surface area (Å²) in [6.07, 6.45) is 3.09. The zero-order chi connectivity index (χ0) is 11.4. The van der Waals surface area contributed by atoms with Crippen LogP contribution in [0.2, 0.25) is 0 Å². The average Bonchev–Trinajstić information content (AvgIpc) is 2.29. The Labute approximate surface area is 95.3 Å². The number of hydrogen-bond acceptors (Lipinski definition) is 6. The molecule has 0 amide bonds. The third kappa shape index (κ3) is 2.59. The Bertz CT molecular complexity index is 541. The lowest BCUT2D eigenvalue weighted by Crippen LogP contribution is -2.08. The molecule has 82 valence electrons. The van der Waals surface area contributed by atoms with E-state index in [2.05, 4.69) is 20.4 Å². The smallest absolute Gasteiger partial charge is 0.251 e. The number of hydrazine groups is 1. The number of pyridine rings is 1. The van der Waals surface area contributed by atoms with Crippen molar-refractivity contribution in [3.05, 3.63) is 40.9 Å². The molecule has 0 aromatic carbocycles. The van der Waals surface area contributed by atoms with Gasteiger partial charge in [-0.25, -0.2) is 15.8 Å². The van der Waals surface area contributed by atoms with Crippen LogP contribution in [-0.4, -0.2) is 15.0 Å². The highest BCUT2D eigenvalue weighted by Crippen LogP contribution is 2.24. The largest absolute Gasteiger partial charge is 0.308 e. The number of nitrogens with one attached hydrogen (secondary N) is 2. The number of nitrogen functional groups attached to an aromatic ring is 1. The second-order valence-electron chi connectivity index (χ2n) is 2.86. The van der Waals surface area contributed by atoms with E-state index in [4.69, 9.17) is 5.84 Å². The summed E-state index contributed by atoms with van der Waals surface area (Å²) < 4.78 is 0. The monoisotopic (exact) mass is 235 g/mol. The summed E-state index contributed by atoms with van der Waals surface area (Å²) in [7, 11) is 0. The molecule has 7 heteroatoms. The van der Waals surface area contributed by atoms with Gasteiger partial charge in [-0.3, -0.25) is 4.79 Å². The number of nitrogens with zero attached hydrogens (tertiary/aromatic N) is 2. The third-order valence-electron chi connectivity index (χ3n) is 1.74. The molecule has 16 heavy (non-hydrogen) atoms. The quantitative estimate of drug-likeness (QED) is 0.409. The molecular weight excluding hydrogens is 226 g/mol. The first kappa shape index (κ1) is 10.7. The van der Waals surface area contributed by atoms with Gasteiger partial charge in [0.05, 0.1) is 0 Å².